The number of hydrogen-bond acceptors (Lipinski definition) is 5. The molecular formula is C28H33N5O4. The Kier molecular flexibility index (Phi) is 7.61. The molecule has 0 saturated heterocycles. The van der Waals surface area contributed by atoms with E-state index in [4.69, 9.17) is 4.74 Å². The number of aromatic nitrogens is 2. The molecule has 1 aromatic heterocycles. The van der Waals surface area contributed by atoms with Crippen molar-refractivity contribution in [2.75, 3.05) is 13.7 Å². The minimum atomic E-state index is -1.12. The second-order valence-electron chi connectivity index (χ2n) is 9.50. The van der Waals surface area contributed by atoms with Gasteiger partial charge in [0.25, 0.3) is 11.8 Å². The Morgan fingerprint density at radius 1 is 1.03 bits per heavy atom. The van der Waals surface area contributed by atoms with Crippen molar-refractivity contribution in [2.24, 2.45) is 0 Å². The van der Waals surface area contributed by atoms with Gasteiger partial charge in [-0.05, 0) is 43.5 Å². The summed E-state index contributed by atoms with van der Waals surface area (Å²) < 4.78 is 6.78. The average Bonchev–Trinajstić information content (AvgIpc) is 3.33. The van der Waals surface area contributed by atoms with Crippen molar-refractivity contribution >= 4 is 17.7 Å². The van der Waals surface area contributed by atoms with Crippen LogP contribution in [0.4, 0.5) is 0 Å². The maximum atomic E-state index is 13.7. The van der Waals surface area contributed by atoms with Crippen LogP contribution in [0.25, 0.3) is 0 Å². The van der Waals surface area contributed by atoms with Gasteiger partial charge in [0.15, 0.2) is 5.69 Å². The van der Waals surface area contributed by atoms with E-state index in [9.17, 15) is 14.4 Å². The van der Waals surface area contributed by atoms with E-state index in [1.54, 1.807) is 23.5 Å². The van der Waals surface area contributed by atoms with Crippen LogP contribution >= 0.6 is 0 Å². The Morgan fingerprint density at radius 3 is 2.27 bits per heavy atom. The Hall–Kier alpha value is -4.14. The van der Waals surface area contributed by atoms with Gasteiger partial charge in [-0.15, -0.1) is 0 Å². The number of nitrogens with zero attached hydrogens (tertiary/aromatic N) is 3. The monoisotopic (exact) mass is 503 g/mol. The van der Waals surface area contributed by atoms with Crippen LogP contribution in [0.1, 0.15) is 57.9 Å². The maximum Gasteiger partial charge on any atom is 0.273 e. The standard InChI is InChI=1S/C28H33N5O4/c1-5-14-33-26(35)24-23(25(34)29-15-21-10-12-22(37-4)13-11-21)31-18-32(24)17-28(33,3)27(36)30-16-20-8-6-19(2)7-9-20/h6-13,18H,5,14-17H2,1-4H3,(H,29,34)(H,30,36)/t28-/m1/s1. The fraction of sp³-hybridized carbons (Fsp3) is 0.357. The number of rotatable bonds is 9. The molecule has 1 aliphatic rings. The highest BCUT2D eigenvalue weighted by Gasteiger charge is 2.48. The zero-order chi connectivity index (χ0) is 26.6. The molecule has 0 bridgehead atoms. The molecule has 2 aromatic carbocycles. The molecule has 9 nitrogen and oxygen atoms in total. The van der Waals surface area contributed by atoms with Crippen molar-refractivity contribution < 1.29 is 19.1 Å². The highest BCUT2D eigenvalue weighted by atomic mass is 16.5. The molecule has 0 saturated carbocycles. The van der Waals surface area contributed by atoms with Gasteiger partial charge in [0.2, 0.25) is 5.91 Å². The maximum absolute atomic E-state index is 13.7. The van der Waals surface area contributed by atoms with E-state index in [2.05, 4.69) is 15.6 Å². The summed E-state index contributed by atoms with van der Waals surface area (Å²) in [6.07, 6.45) is 2.13. The summed E-state index contributed by atoms with van der Waals surface area (Å²) in [5, 5.41) is 5.83. The first-order valence-corrected chi connectivity index (χ1v) is 12.4. The number of aryl methyl sites for hydroxylation is 1. The van der Waals surface area contributed by atoms with Gasteiger partial charge < -0.3 is 24.8 Å². The third kappa shape index (κ3) is 5.35. The first kappa shape index (κ1) is 25.9. The molecule has 3 amide bonds. The van der Waals surface area contributed by atoms with Crippen LogP contribution in [-0.2, 0) is 24.4 Å². The molecule has 0 unspecified atom stereocenters. The quantitative estimate of drug-likeness (QED) is 0.467. The summed E-state index contributed by atoms with van der Waals surface area (Å²) >= 11 is 0. The zero-order valence-corrected chi connectivity index (χ0v) is 21.7. The number of carbonyl (C=O) groups is 3. The van der Waals surface area contributed by atoms with Crippen LogP contribution < -0.4 is 15.4 Å². The molecule has 0 spiro atoms. The van der Waals surface area contributed by atoms with Crippen LogP contribution in [0.3, 0.4) is 0 Å². The summed E-state index contributed by atoms with van der Waals surface area (Å²) in [5.41, 5.74) is 2.14. The summed E-state index contributed by atoms with van der Waals surface area (Å²) in [7, 11) is 1.59. The lowest BCUT2D eigenvalue weighted by molar-refractivity contribution is -0.133. The minimum absolute atomic E-state index is 0.0572. The Bertz CT molecular complexity index is 1280. The Morgan fingerprint density at radius 2 is 1.65 bits per heavy atom. The van der Waals surface area contributed by atoms with E-state index in [-0.39, 0.29) is 36.3 Å². The van der Waals surface area contributed by atoms with Gasteiger partial charge in [-0.2, -0.15) is 0 Å². The predicted octanol–water partition coefficient (Wildman–Crippen LogP) is 3.07. The van der Waals surface area contributed by atoms with Gasteiger partial charge in [-0.1, -0.05) is 48.9 Å². The lowest BCUT2D eigenvalue weighted by Crippen LogP contribution is -2.64. The predicted molar refractivity (Wildman–Crippen MR) is 139 cm³/mol. The number of nitrogens with one attached hydrogen (secondary N) is 2. The van der Waals surface area contributed by atoms with E-state index >= 15 is 0 Å². The van der Waals surface area contributed by atoms with E-state index in [1.807, 2.05) is 62.4 Å². The van der Waals surface area contributed by atoms with Crippen LogP contribution in [0.5, 0.6) is 5.75 Å². The lowest BCUT2D eigenvalue weighted by Gasteiger charge is -2.43. The molecular weight excluding hydrogens is 470 g/mol. The molecule has 1 atom stereocenters. The lowest BCUT2D eigenvalue weighted by atomic mass is 9.93. The van der Waals surface area contributed by atoms with Gasteiger partial charge in [0.1, 0.15) is 17.0 Å². The zero-order valence-electron chi connectivity index (χ0n) is 21.7. The second-order valence-corrected chi connectivity index (χ2v) is 9.50. The second kappa shape index (κ2) is 10.9. The SMILES string of the molecule is CCCN1C(=O)c2c(C(=O)NCc3ccc(OC)cc3)ncn2C[C@]1(C)C(=O)NCc1ccc(C)cc1. The Labute approximate surface area is 216 Å². The summed E-state index contributed by atoms with van der Waals surface area (Å²) in [5.74, 6) is -0.347. The molecule has 2 heterocycles. The highest BCUT2D eigenvalue weighted by molar-refractivity contribution is 6.07. The van der Waals surface area contributed by atoms with Crippen molar-refractivity contribution in [1.29, 1.82) is 0 Å². The smallest absolute Gasteiger partial charge is 0.273 e. The molecule has 194 valence electrons. The van der Waals surface area contributed by atoms with Crippen LogP contribution in [0, 0.1) is 6.92 Å². The van der Waals surface area contributed by atoms with Crippen LogP contribution in [0.2, 0.25) is 0 Å². The van der Waals surface area contributed by atoms with Gasteiger partial charge in [-0.3, -0.25) is 14.4 Å². The van der Waals surface area contributed by atoms with Crippen LogP contribution in [-0.4, -0.2) is 51.4 Å². The molecule has 1 aliphatic heterocycles. The number of carbonyl (C=O) groups excluding carboxylic acids is 3. The molecule has 2 N–H and O–H groups in total. The molecule has 4 rings (SSSR count). The largest absolute Gasteiger partial charge is 0.497 e. The molecule has 0 radical (unpaired) electrons. The number of hydrogen-bond donors (Lipinski definition) is 2. The van der Waals surface area contributed by atoms with E-state index < -0.39 is 11.4 Å². The number of ether oxygens (including phenoxy) is 1. The van der Waals surface area contributed by atoms with Gasteiger partial charge in [0.05, 0.1) is 20.0 Å². The molecule has 0 aliphatic carbocycles. The minimum Gasteiger partial charge on any atom is -0.497 e. The van der Waals surface area contributed by atoms with Crippen LogP contribution in [0.15, 0.2) is 54.9 Å². The number of methoxy groups -OCH3 is 1. The Balaban J connectivity index is 1.51. The fourth-order valence-electron chi connectivity index (χ4n) is 4.52. The van der Waals surface area contributed by atoms with Crippen molar-refractivity contribution in [3.05, 3.63) is 82.9 Å². The van der Waals surface area contributed by atoms with E-state index in [0.29, 0.717) is 19.5 Å². The number of amides is 3. The first-order valence-electron chi connectivity index (χ1n) is 12.4. The van der Waals surface area contributed by atoms with Gasteiger partial charge in [-0.25, -0.2) is 4.98 Å². The molecule has 37 heavy (non-hydrogen) atoms. The molecule has 9 heteroatoms. The van der Waals surface area contributed by atoms with E-state index in [0.717, 1.165) is 22.4 Å². The number of benzene rings is 2. The number of fused-ring (bicyclic) bond motifs is 1. The fourth-order valence-corrected chi connectivity index (χ4v) is 4.52. The topological polar surface area (TPSA) is 106 Å². The van der Waals surface area contributed by atoms with Crippen molar-refractivity contribution in [3.8, 4) is 5.75 Å². The normalized spacial score (nSPS) is 16.8. The van der Waals surface area contributed by atoms with Gasteiger partial charge >= 0.3 is 0 Å². The van der Waals surface area contributed by atoms with Crippen molar-refractivity contribution in [3.63, 3.8) is 0 Å². The van der Waals surface area contributed by atoms with Crippen molar-refractivity contribution in [2.45, 2.75) is 52.4 Å². The first-order chi connectivity index (χ1) is 17.8. The summed E-state index contributed by atoms with van der Waals surface area (Å²) in [6, 6.07) is 15.3. The summed E-state index contributed by atoms with van der Waals surface area (Å²) in [6.45, 7) is 6.94. The highest BCUT2D eigenvalue weighted by Crippen LogP contribution is 2.29. The third-order valence-corrected chi connectivity index (χ3v) is 6.70. The number of imidazole rings is 1. The van der Waals surface area contributed by atoms with E-state index in [1.165, 1.54) is 6.33 Å². The third-order valence-electron chi connectivity index (χ3n) is 6.70. The summed E-state index contributed by atoms with van der Waals surface area (Å²) in [4.78, 5) is 45.9. The van der Waals surface area contributed by atoms with Crippen molar-refractivity contribution in [1.82, 2.24) is 25.1 Å². The van der Waals surface area contributed by atoms with Gasteiger partial charge in [0, 0.05) is 19.6 Å². The average molecular weight is 504 g/mol. The molecule has 0 fully saturated rings. The molecule has 3 aromatic rings.